The van der Waals surface area contributed by atoms with Gasteiger partial charge in [-0.05, 0) is 62.2 Å². The van der Waals surface area contributed by atoms with Crippen LogP contribution in [-0.4, -0.2) is 5.97 Å². The fraction of sp³-hybridized carbons (Fsp3) is 0.120. The van der Waals surface area contributed by atoms with Gasteiger partial charge in [-0.3, -0.25) is 4.79 Å². The first-order valence-electron chi connectivity index (χ1n) is 9.50. The molecule has 0 spiro atoms. The molecule has 0 unspecified atom stereocenters. The molecule has 0 aliphatic rings. The normalized spacial score (nSPS) is 10.8. The molecule has 0 bridgehead atoms. The van der Waals surface area contributed by atoms with Crippen LogP contribution < -0.4 is 14.9 Å². The summed E-state index contributed by atoms with van der Waals surface area (Å²) in [6, 6.07) is 17.5. The number of fused-ring (bicyclic) bond motifs is 1. The predicted octanol–water partition coefficient (Wildman–Crippen LogP) is 5.73. The Morgan fingerprint density at radius 1 is 0.833 bits per heavy atom. The molecule has 0 saturated carbocycles. The topological polar surface area (TPSA) is 65.7 Å². The van der Waals surface area contributed by atoms with Crippen LogP contribution in [0.1, 0.15) is 27.0 Å². The maximum absolute atomic E-state index is 12.8. The highest BCUT2D eigenvalue weighted by Crippen LogP contribution is 2.27. The van der Waals surface area contributed by atoms with Crippen molar-refractivity contribution in [2.75, 3.05) is 0 Å². The van der Waals surface area contributed by atoms with Crippen molar-refractivity contribution < 1.29 is 18.7 Å². The summed E-state index contributed by atoms with van der Waals surface area (Å²) in [5.41, 5.74) is 3.45. The second-order valence-corrected chi connectivity index (χ2v) is 7.21. The van der Waals surface area contributed by atoms with Crippen LogP contribution in [0, 0.1) is 20.8 Å². The highest BCUT2D eigenvalue weighted by atomic mass is 16.5. The van der Waals surface area contributed by atoms with E-state index >= 15 is 0 Å². The van der Waals surface area contributed by atoms with E-state index < -0.39 is 5.97 Å². The molecule has 4 aromatic rings. The van der Waals surface area contributed by atoms with Crippen LogP contribution in [0.4, 0.5) is 0 Å². The van der Waals surface area contributed by atoms with Crippen LogP contribution in [0.3, 0.4) is 0 Å². The Bertz CT molecular complexity index is 1300. The number of hydrogen-bond acceptors (Lipinski definition) is 5. The Morgan fingerprint density at radius 3 is 2.33 bits per heavy atom. The molecular formula is C25H20O5. The molecule has 0 aliphatic carbocycles. The minimum atomic E-state index is -0.480. The fourth-order valence-corrected chi connectivity index (χ4v) is 3.02. The van der Waals surface area contributed by atoms with Gasteiger partial charge < -0.3 is 13.9 Å². The van der Waals surface area contributed by atoms with Gasteiger partial charge in [0.15, 0.2) is 0 Å². The summed E-state index contributed by atoms with van der Waals surface area (Å²) < 4.78 is 16.8. The molecule has 5 heteroatoms. The molecule has 0 saturated heterocycles. The Morgan fingerprint density at radius 2 is 1.57 bits per heavy atom. The molecule has 1 heterocycles. The molecule has 1 aromatic heterocycles. The van der Waals surface area contributed by atoms with E-state index in [1.165, 1.54) is 12.3 Å². The second-order valence-electron chi connectivity index (χ2n) is 7.21. The van der Waals surface area contributed by atoms with Gasteiger partial charge in [-0.1, -0.05) is 29.8 Å². The van der Waals surface area contributed by atoms with Crippen molar-refractivity contribution in [2.24, 2.45) is 0 Å². The van der Waals surface area contributed by atoms with E-state index in [9.17, 15) is 9.59 Å². The van der Waals surface area contributed by atoms with E-state index in [1.807, 2.05) is 51.1 Å². The first-order chi connectivity index (χ1) is 14.4. The summed E-state index contributed by atoms with van der Waals surface area (Å²) in [5, 5.41) is 0.341. The number of hydrogen-bond donors (Lipinski definition) is 0. The average molecular weight is 400 g/mol. The molecule has 0 aliphatic heterocycles. The third-order valence-electron chi connectivity index (χ3n) is 4.78. The molecule has 150 valence electrons. The number of esters is 1. The maximum atomic E-state index is 12.8. The summed E-state index contributed by atoms with van der Waals surface area (Å²) in [6.45, 7) is 5.80. The number of benzene rings is 3. The van der Waals surface area contributed by atoms with Gasteiger partial charge in [0.2, 0.25) is 11.2 Å². The molecule has 0 fully saturated rings. The quantitative estimate of drug-likeness (QED) is 0.323. The summed E-state index contributed by atoms with van der Waals surface area (Å²) in [6.07, 6.45) is 1.28. The SMILES string of the molecule is Cc1ccc(C(=O)Oc2ccc3c(=O)c(Oc4cc(C)ccc4C)coc3c2)cc1. The Labute approximate surface area is 173 Å². The lowest BCUT2D eigenvalue weighted by atomic mass is 10.1. The van der Waals surface area contributed by atoms with Crippen LogP contribution in [-0.2, 0) is 0 Å². The zero-order chi connectivity index (χ0) is 21.3. The van der Waals surface area contributed by atoms with Gasteiger partial charge in [0, 0.05) is 6.07 Å². The fourth-order valence-electron chi connectivity index (χ4n) is 3.02. The molecule has 0 atom stereocenters. The van der Waals surface area contributed by atoms with Gasteiger partial charge >= 0.3 is 5.97 Å². The number of aryl methyl sites for hydroxylation is 3. The summed E-state index contributed by atoms with van der Waals surface area (Å²) in [7, 11) is 0. The van der Waals surface area contributed by atoms with Gasteiger partial charge in [-0.25, -0.2) is 4.79 Å². The van der Waals surface area contributed by atoms with Gasteiger partial charge in [-0.15, -0.1) is 0 Å². The van der Waals surface area contributed by atoms with Crippen molar-refractivity contribution in [3.05, 3.63) is 99.4 Å². The molecule has 30 heavy (non-hydrogen) atoms. The number of rotatable bonds is 4. The second kappa shape index (κ2) is 7.87. The summed E-state index contributed by atoms with van der Waals surface area (Å²) in [4.78, 5) is 25.1. The maximum Gasteiger partial charge on any atom is 0.343 e. The first-order valence-corrected chi connectivity index (χ1v) is 9.50. The minimum Gasteiger partial charge on any atom is -0.460 e. The van der Waals surface area contributed by atoms with Crippen LogP contribution >= 0.6 is 0 Å². The zero-order valence-corrected chi connectivity index (χ0v) is 16.9. The van der Waals surface area contributed by atoms with Crippen molar-refractivity contribution in [3.63, 3.8) is 0 Å². The monoisotopic (exact) mass is 400 g/mol. The lowest BCUT2D eigenvalue weighted by Gasteiger charge is -2.10. The number of carbonyl (C=O) groups excluding carboxylic acids is 1. The van der Waals surface area contributed by atoms with Gasteiger partial charge in [0.25, 0.3) is 0 Å². The van der Waals surface area contributed by atoms with Crippen LogP contribution in [0.5, 0.6) is 17.2 Å². The van der Waals surface area contributed by atoms with E-state index in [0.29, 0.717) is 28.0 Å². The van der Waals surface area contributed by atoms with E-state index in [4.69, 9.17) is 13.9 Å². The lowest BCUT2D eigenvalue weighted by molar-refractivity contribution is 0.0735. The number of ether oxygens (including phenoxy) is 2. The molecule has 0 amide bonds. The molecule has 4 rings (SSSR count). The molecule has 0 radical (unpaired) electrons. The van der Waals surface area contributed by atoms with Gasteiger partial charge in [-0.2, -0.15) is 0 Å². The van der Waals surface area contributed by atoms with Crippen LogP contribution in [0.25, 0.3) is 11.0 Å². The highest BCUT2D eigenvalue weighted by Gasteiger charge is 2.13. The van der Waals surface area contributed by atoms with Crippen molar-refractivity contribution in [3.8, 4) is 17.2 Å². The van der Waals surface area contributed by atoms with Crippen molar-refractivity contribution in [1.29, 1.82) is 0 Å². The van der Waals surface area contributed by atoms with E-state index in [1.54, 1.807) is 24.3 Å². The van der Waals surface area contributed by atoms with Gasteiger partial charge in [0.1, 0.15) is 23.3 Å². The van der Waals surface area contributed by atoms with E-state index in [0.717, 1.165) is 16.7 Å². The minimum absolute atomic E-state index is 0.0978. The molecular weight excluding hydrogens is 380 g/mol. The predicted molar refractivity (Wildman–Crippen MR) is 115 cm³/mol. The molecule has 5 nitrogen and oxygen atoms in total. The van der Waals surface area contributed by atoms with Gasteiger partial charge in [0.05, 0.1) is 10.9 Å². The molecule has 0 N–H and O–H groups in total. The summed E-state index contributed by atoms with van der Waals surface area (Å²) in [5.74, 6) is 0.511. The number of carbonyl (C=O) groups is 1. The van der Waals surface area contributed by atoms with Crippen LogP contribution in [0.2, 0.25) is 0 Å². The van der Waals surface area contributed by atoms with Crippen molar-refractivity contribution in [2.45, 2.75) is 20.8 Å². The Balaban J connectivity index is 1.61. The van der Waals surface area contributed by atoms with E-state index in [-0.39, 0.29) is 11.2 Å². The standard InChI is InChI=1S/C25H20O5/c1-15-5-8-18(9-6-15)25(27)29-19-10-11-20-22(13-19)28-14-23(24(20)26)30-21-12-16(2)4-7-17(21)3/h4-14H,1-3H3. The largest absolute Gasteiger partial charge is 0.460 e. The summed E-state index contributed by atoms with van der Waals surface area (Å²) >= 11 is 0. The lowest BCUT2D eigenvalue weighted by Crippen LogP contribution is -2.09. The van der Waals surface area contributed by atoms with Crippen molar-refractivity contribution in [1.82, 2.24) is 0 Å². The van der Waals surface area contributed by atoms with E-state index in [2.05, 4.69) is 0 Å². The Hall–Kier alpha value is -3.86. The average Bonchev–Trinajstić information content (AvgIpc) is 2.73. The van der Waals surface area contributed by atoms with Crippen LogP contribution in [0.15, 0.2) is 76.1 Å². The van der Waals surface area contributed by atoms with Crippen molar-refractivity contribution >= 4 is 16.9 Å². The highest BCUT2D eigenvalue weighted by molar-refractivity contribution is 5.91. The smallest absolute Gasteiger partial charge is 0.343 e. The zero-order valence-electron chi connectivity index (χ0n) is 16.9. The third kappa shape index (κ3) is 3.96. The first kappa shape index (κ1) is 19.5. The third-order valence-corrected chi connectivity index (χ3v) is 4.78. The molecule has 3 aromatic carbocycles. The Kier molecular flexibility index (Phi) is 5.11.